The van der Waals surface area contributed by atoms with Crippen LogP contribution in [-0.4, -0.2) is 38.7 Å². The van der Waals surface area contributed by atoms with Crippen molar-refractivity contribution < 1.29 is 0 Å². The number of halogens is 1. The fourth-order valence-corrected chi connectivity index (χ4v) is 3.33. The Balaban J connectivity index is 2.73. The second-order valence-corrected chi connectivity index (χ2v) is 6.66. The summed E-state index contributed by atoms with van der Waals surface area (Å²) in [7, 11) is 0. The van der Waals surface area contributed by atoms with E-state index in [1.807, 2.05) is 0 Å². The van der Waals surface area contributed by atoms with Crippen LogP contribution in [0, 0.1) is 0 Å². The van der Waals surface area contributed by atoms with Gasteiger partial charge in [-0.2, -0.15) is 0 Å². The van der Waals surface area contributed by atoms with E-state index in [0.29, 0.717) is 5.54 Å². The monoisotopic (exact) mass is 324 g/mol. The van der Waals surface area contributed by atoms with Crippen molar-refractivity contribution in [2.45, 2.75) is 65.1 Å². The highest BCUT2D eigenvalue weighted by Gasteiger charge is 2.35. The van der Waals surface area contributed by atoms with Crippen LogP contribution in [0.25, 0.3) is 0 Å². The van der Waals surface area contributed by atoms with Gasteiger partial charge in [0.05, 0.1) is 0 Å². The maximum atomic E-state index is 2.64. The molecule has 15 heavy (non-hydrogen) atoms. The summed E-state index contributed by atoms with van der Waals surface area (Å²) in [5.74, 6) is 0. The van der Waals surface area contributed by atoms with E-state index in [1.165, 1.54) is 25.9 Å². The average molecular weight is 324 g/mol. The van der Waals surface area contributed by atoms with Gasteiger partial charge in [-0.1, -0.05) is 13.8 Å². The van der Waals surface area contributed by atoms with Crippen molar-refractivity contribution in [3.63, 3.8) is 0 Å². The molecule has 0 amide bonds. The number of hydrogen-bond donors (Lipinski definition) is 0. The van der Waals surface area contributed by atoms with Crippen molar-refractivity contribution >= 4 is 22.9 Å². The molecular formula is C12H25IN2. The third-order valence-electron chi connectivity index (χ3n) is 3.45. The first-order valence-electron chi connectivity index (χ1n) is 6.09. The summed E-state index contributed by atoms with van der Waals surface area (Å²) in [4.78, 5) is 2.64. The Hall–Kier alpha value is 0.650. The lowest BCUT2D eigenvalue weighted by Crippen LogP contribution is -2.59. The van der Waals surface area contributed by atoms with Crippen LogP contribution >= 0.6 is 22.9 Å². The maximum Gasteiger partial charge on any atom is 0.0322 e. The molecule has 0 aromatic carbocycles. The van der Waals surface area contributed by atoms with Crippen LogP contribution < -0.4 is 0 Å². The molecule has 0 N–H and O–H groups in total. The second kappa shape index (κ2) is 5.32. The SMILES string of the molecule is CCC1CN(C(C)(C)C)CC(CC)N1I. The lowest BCUT2D eigenvalue weighted by Gasteiger charge is -2.48. The summed E-state index contributed by atoms with van der Waals surface area (Å²) in [5, 5.41) is 0. The molecule has 1 fully saturated rings. The molecule has 90 valence electrons. The van der Waals surface area contributed by atoms with E-state index in [1.54, 1.807) is 0 Å². The van der Waals surface area contributed by atoms with Crippen LogP contribution in [0.2, 0.25) is 0 Å². The van der Waals surface area contributed by atoms with Crippen molar-refractivity contribution in [2.75, 3.05) is 13.1 Å². The third-order valence-corrected chi connectivity index (χ3v) is 5.03. The fraction of sp³-hybridized carbons (Fsp3) is 1.00. The highest BCUT2D eigenvalue weighted by Crippen LogP contribution is 2.28. The summed E-state index contributed by atoms with van der Waals surface area (Å²) in [6.07, 6.45) is 2.51. The number of hydrogen-bond acceptors (Lipinski definition) is 2. The summed E-state index contributed by atoms with van der Waals surface area (Å²) in [6.45, 7) is 14.0. The Morgan fingerprint density at radius 2 is 1.47 bits per heavy atom. The summed E-state index contributed by atoms with van der Waals surface area (Å²) in [6, 6.07) is 1.45. The van der Waals surface area contributed by atoms with Crippen molar-refractivity contribution in [3.05, 3.63) is 0 Å². The Kier molecular flexibility index (Phi) is 4.86. The molecule has 0 bridgehead atoms. The van der Waals surface area contributed by atoms with Crippen LogP contribution in [0.1, 0.15) is 47.5 Å². The molecule has 2 unspecified atom stereocenters. The highest BCUT2D eigenvalue weighted by molar-refractivity contribution is 14.1. The molecule has 0 aliphatic carbocycles. The Bertz CT molecular complexity index is 186. The minimum atomic E-state index is 0.318. The summed E-state index contributed by atoms with van der Waals surface area (Å²) >= 11 is 2.53. The van der Waals surface area contributed by atoms with Crippen LogP contribution in [0.15, 0.2) is 0 Å². The van der Waals surface area contributed by atoms with Gasteiger partial charge in [0.1, 0.15) is 0 Å². The van der Waals surface area contributed by atoms with Crippen molar-refractivity contribution in [1.29, 1.82) is 0 Å². The van der Waals surface area contributed by atoms with E-state index in [9.17, 15) is 0 Å². The zero-order chi connectivity index (χ0) is 11.6. The van der Waals surface area contributed by atoms with Crippen LogP contribution in [-0.2, 0) is 0 Å². The first kappa shape index (κ1) is 13.7. The van der Waals surface area contributed by atoms with Crippen LogP contribution in [0.4, 0.5) is 0 Å². The van der Waals surface area contributed by atoms with Gasteiger partial charge in [0.2, 0.25) is 0 Å². The highest BCUT2D eigenvalue weighted by atomic mass is 127. The quantitative estimate of drug-likeness (QED) is 0.568. The molecule has 0 radical (unpaired) electrons. The summed E-state index contributed by atoms with van der Waals surface area (Å²) in [5.41, 5.74) is 0.318. The minimum absolute atomic E-state index is 0.318. The van der Waals surface area contributed by atoms with Crippen LogP contribution in [0.5, 0.6) is 0 Å². The smallest absolute Gasteiger partial charge is 0.0322 e. The van der Waals surface area contributed by atoms with E-state index in [0.717, 1.165) is 12.1 Å². The molecule has 1 heterocycles. The third kappa shape index (κ3) is 3.30. The molecule has 0 saturated carbocycles. The van der Waals surface area contributed by atoms with Gasteiger partial charge in [-0.15, -0.1) is 0 Å². The number of rotatable bonds is 2. The molecule has 0 aromatic heterocycles. The van der Waals surface area contributed by atoms with Gasteiger partial charge < -0.3 is 0 Å². The molecule has 1 aliphatic heterocycles. The average Bonchev–Trinajstić information content (AvgIpc) is 2.16. The molecule has 3 heteroatoms. The minimum Gasteiger partial charge on any atom is -0.295 e. The molecule has 1 aliphatic rings. The van der Waals surface area contributed by atoms with E-state index >= 15 is 0 Å². The summed E-state index contributed by atoms with van der Waals surface area (Å²) < 4.78 is 2.56. The van der Waals surface area contributed by atoms with Crippen molar-refractivity contribution in [2.24, 2.45) is 0 Å². The van der Waals surface area contributed by atoms with Crippen molar-refractivity contribution in [3.8, 4) is 0 Å². The van der Waals surface area contributed by atoms with Gasteiger partial charge in [-0.05, 0) is 33.6 Å². The van der Waals surface area contributed by atoms with E-state index in [4.69, 9.17) is 0 Å². The molecule has 1 saturated heterocycles. The topological polar surface area (TPSA) is 6.48 Å². The fourth-order valence-electron chi connectivity index (χ4n) is 2.19. The number of piperazine rings is 1. The molecule has 0 spiro atoms. The lowest BCUT2D eigenvalue weighted by molar-refractivity contribution is 0.0362. The number of nitrogens with zero attached hydrogens (tertiary/aromatic N) is 2. The molecule has 1 rings (SSSR count). The van der Waals surface area contributed by atoms with Gasteiger partial charge in [0.25, 0.3) is 0 Å². The van der Waals surface area contributed by atoms with E-state index in [2.05, 4.69) is 65.5 Å². The maximum absolute atomic E-state index is 2.64. The largest absolute Gasteiger partial charge is 0.295 e. The molecule has 2 nitrogen and oxygen atoms in total. The predicted molar refractivity (Wildman–Crippen MR) is 75.3 cm³/mol. The first-order chi connectivity index (χ1) is 6.90. The zero-order valence-corrected chi connectivity index (χ0v) is 12.9. The van der Waals surface area contributed by atoms with Gasteiger partial charge in [0, 0.05) is 53.6 Å². The normalized spacial score (nSPS) is 30.8. The van der Waals surface area contributed by atoms with Gasteiger partial charge in [-0.3, -0.25) is 4.90 Å². The Morgan fingerprint density at radius 1 is 1.07 bits per heavy atom. The van der Waals surface area contributed by atoms with Gasteiger partial charge in [-0.25, -0.2) is 3.11 Å². The van der Waals surface area contributed by atoms with E-state index < -0.39 is 0 Å². The van der Waals surface area contributed by atoms with E-state index in [-0.39, 0.29) is 0 Å². The van der Waals surface area contributed by atoms with Crippen LogP contribution in [0.3, 0.4) is 0 Å². The lowest BCUT2D eigenvalue weighted by atomic mass is 9.98. The first-order valence-corrected chi connectivity index (χ1v) is 7.05. The Morgan fingerprint density at radius 3 is 1.73 bits per heavy atom. The molecule has 2 atom stereocenters. The zero-order valence-electron chi connectivity index (χ0n) is 10.8. The standard InChI is InChI=1S/C12H25IN2/c1-6-10-8-14(12(3,4)5)9-11(7-2)15(10)13/h10-11H,6-9H2,1-5H3. The molecular weight excluding hydrogens is 299 g/mol. The van der Waals surface area contributed by atoms with Gasteiger partial charge in [0.15, 0.2) is 0 Å². The Labute approximate surface area is 109 Å². The van der Waals surface area contributed by atoms with Gasteiger partial charge >= 0.3 is 0 Å². The molecule has 0 aromatic rings. The predicted octanol–water partition coefficient (Wildman–Crippen LogP) is 3.31. The van der Waals surface area contributed by atoms with Crippen molar-refractivity contribution in [1.82, 2.24) is 8.01 Å². The second-order valence-electron chi connectivity index (χ2n) is 5.54.